The monoisotopic (exact) mass is 301 g/mol. The molecule has 0 unspecified atom stereocenters. The van der Waals surface area contributed by atoms with E-state index in [1.54, 1.807) is 0 Å². The third-order valence-corrected chi connectivity index (χ3v) is 3.64. The fourth-order valence-electron chi connectivity index (χ4n) is 2.42. The van der Waals surface area contributed by atoms with Crippen LogP contribution in [-0.4, -0.2) is 77.9 Å². The summed E-state index contributed by atoms with van der Waals surface area (Å²) >= 11 is 0. The molecule has 1 fully saturated rings. The van der Waals surface area contributed by atoms with Gasteiger partial charge in [0.1, 0.15) is 0 Å². The van der Waals surface area contributed by atoms with Crippen LogP contribution in [0.4, 0.5) is 4.79 Å². The highest BCUT2D eigenvalue weighted by atomic mass is 16.4. The lowest BCUT2D eigenvalue weighted by atomic mass is 10.2. The third kappa shape index (κ3) is 7.87. The maximum absolute atomic E-state index is 12.0. The van der Waals surface area contributed by atoms with E-state index < -0.39 is 5.97 Å². The second kappa shape index (κ2) is 10.4. The lowest BCUT2D eigenvalue weighted by Crippen LogP contribution is -2.42. The van der Waals surface area contributed by atoms with Gasteiger partial charge < -0.3 is 20.4 Å². The van der Waals surface area contributed by atoms with E-state index in [-0.39, 0.29) is 19.1 Å². The molecule has 21 heavy (non-hydrogen) atoms. The van der Waals surface area contributed by atoms with E-state index in [2.05, 4.69) is 10.2 Å². The number of carbonyl (C=O) groups is 2. The van der Waals surface area contributed by atoms with Crippen LogP contribution in [0.25, 0.3) is 0 Å². The number of unbranched alkanes of at least 4 members (excludes halogenated alkanes) is 2. The molecule has 0 aromatic rings. The van der Waals surface area contributed by atoms with Crippen molar-refractivity contribution in [1.82, 2.24) is 15.1 Å². The number of hydrogen-bond donors (Lipinski definition) is 3. The molecule has 1 saturated heterocycles. The first-order valence-corrected chi connectivity index (χ1v) is 7.71. The summed E-state index contributed by atoms with van der Waals surface area (Å²) in [6, 6.07) is -0.0425. The number of nitrogens with one attached hydrogen (secondary N) is 1. The quantitative estimate of drug-likeness (QED) is 0.562. The van der Waals surface area contributed by atoms with Crippen LogP contribution in [0.5, 0.6) is 0 Å². The number of carboxylic acids is 1. The number of amides is 2. The fourth-order valence-corrected chi connectivity index (χ4v) is 2.42. The SMILES string of the molecule is O=C(O)CCCCCNC(=O)N1CCCN(CCO)CC1. The summed E-state index contributed by atoms with van der Waals surface area (Å²) < 4.78 is 0. The van der Waals surface area contributed by atoms with Gasteiger partial charge in [-0.15, -0.1) is 0 Å². The van der Waals surface area contributed by atoms with Crippen molar-refractivity contribution in [2.75, 3.05) is 45.9 Å². The average molecular weight is 301 g/mol. The van der Waals surface area contributed by atoms with Crippen LogP contribution in [0.1, 0.15) is 32.1 Å². The van der Waals surface area contributed by atoms with Crippen LogP contribution < -0.4 is 5.32 Å². The maximum atomic E-state index is 12.0. The molecule has 0 atom stereocenters. The zero-order chi connectivity index (χ0) is 15.5. The predicted octanol–water partition coefficient (Wildman–Crippen LogP) is 0.341. The maximum Gasteiger partial charge on any atom is 0.317 e. The van der Waals surface area contributed by atoms with E-state index in [1.807, 2.05) is 4.90 Å². The lowest BCUT2D eigenvalue weighted by Gasteiger charge is -2.21. The number of aliphatic hydroxyl groups excluding tert-OH is 1. The fraction of sp³-hybridized carbons (Fsp3) is 0.857. The number of carbonyl (C=O) groups excluding carboxylic acids is 1. The molecule has 2 amide bonds. The van der Waals surface area contributed by atoms with Crippen molar-refractivity contribution in [2.24, 2.45) is 0 Å². The lowest BCUT2D eigenvalue weighted by molar-refractivity contribution is -0.137. The molecule has 1 aliphatic rings. The number of aliphatic hydroxyl groups is 1. The van der Waals surface area contributed by atoms with Gasteiger partial charge in [0.05, 0.1) is 6.61 Å². The molecule has 0 aromatic carbocycles. The van der Waals surface area contributed by atoms with Crippen molar-refractivity contribution in [3.63, 3.8) is 0 Å². The molecule has 0 aliphatic carbocycles. The minimum atomic E-state index is -0.768. The smallest absolute Gasteiger partial charge is 0.317 e. The van der Waals surface area contributed by atoms with Crippen molar-refractivity contribution in [3.05, 3.63) is 0 Å². The molecule has 1 rings (SSSR count). The van der Waals surface area contributed by atoms with Crippen molar-refractivity contribution in [2.45, 2.75) is 32.1 Å². The third-order valence-electron chi connectivity index (χ3n) is 3.64. The van der Waals surface area contributed by atoms with Crippen LogP contribution in [-0.2, 0) is 4.79 Å². The number of carboxylic acid groups (broad SMARTS) is 1. The largest absolute Gasteiger partial charge is 0.481 e. The number of hydrogen-bond acceptors (Lipinski definition) is 4. The summed E-state index contributed by atoms with van der Waals surface area (Å²) in [5, 5.41) is 20.3. The Bertz CT molecular complexity index is 325. The van der Waals surface area contributed by atoms with E-state index in [1.165, 1.54) is 0 Å². The summed E-state index contributed by atoms with van der Waals surface area (Å²) in [4.78, 5) is 26.3. The number of rotatable bonds is 8. The highest BCUT2D eigenvalue weighted by Gasteiger charge is 2.18. The van der Waals surface area contributed by atoms with Gasteiger partial charge in [-0.1, -0.05) is 6.42 Å². The van der Waals surface area contributed by atoms with Crippen molar-refractivity contribution in [1.29, 1.82) is 0 Å². The minimum Gasteiger partial charge on any atom is -0.481 e. The summed E-state index contributed by atoms with van der Waals surface area (Å²) in [6.07, 6.45) is 3.40. The number of nitrogens with zero attached hydrogens (tertiary/aromatic N) is 2. The minimum absolute atomic E-state index is 0.0425. The zero-order valence-corrected chi connectivity index (χ0v) is 12.6. The second-order valence-corrected chi connectivity index (χ2v) is 5.34. The molecule has 1 aliphatic heterocycles. The average Bonchev–Trinajstić information content (AvgIpc) is 2.68. The standard InChI is InChI=1S/C14H27N3O4/c18-12-11-16-7-4-8-17(10-9-16)14(21)15-6-3-1-2-5-13(19)20/h18H,1-12H2,(H,15,21)(H,19,20). The van der Waals surface area contributed by atoms with Crippen LogP contribution in [0.3, 0.4) is 0 Å². The number of aliphatic carboxylic acids is 1. The molecule has 0 radical (unpaired) electrons. The van der Waals surface area contributed by atoms with E-state index >= 15 is 0 Å². The van der Waals surface area contributed by atoms with Gasteiger partial charge in [-0.05, 0) is 25.8 Å². The number of urea groups is 1. The van der Waals surface area contributed by atoms with Gasteiger partial charge in [0, 0.05) is 39.1 Å². The first-order chi connectivity index (χ1) is 10.1. The molecular formula is C14H27N3O4. The number of β-amino-alcohol motifs (C(OH)–C–C–N with tert-alkyl or cyclic N) is 1. The molecule has 0 saturated carbocycles. The first-order valence-electron chi connectivity index (χ1n) is 7.71. The van der Waals surface area contributed by atoms with Crippen molar-refractivity contribution >= 4 is 12.0 Å². The van der Waals surface area contributed by atoms with Gasteiger partial charge in [0.25, 0.3) is 0 Å². The molecule has 0 spiro atoms. The van der Waals surface area contributed by atoms with E-state index in [0.29, 0.717) is 26.1 Å². The van der Waals surface area contributed by atoms with E-state index in [9.17, 15) is 9.59 Å². The molecule has 3 N–H and O–H groups in total. The molecule has 7 heteroatoms. The molecule has 7 nitrogen and oxygen atoms in total. The van der Waals surface area contributed by atoms with E-state index in [4.69, 9.17) is 10.2 Å². The highest BCUT2D eigenvalue weighted by Crippen LogP contribution is 2.03. The summed E-state index contributed by atoms with van der Waals surface area (Å²) in [5.41, 5.74) is 0. The first kappa shape index (κ1) is 17.7. The summed E-state index contributed by atoms with van der Waals surface area (Å²) in [7, 11) is 0. The summed E-state index contributed by atoms with van der Waals surface area (Å²) in [5.74, 6) is -0.768. The zero-order valence-electron chi connectivity index (χ0n) is 12.6. The normalized spacial score (nSPS) is 16.5. The Hall–Kier alpha value is -1.34. The van der Waals surface area contributed by atoms with Gasteiger partial charge >= 0.3 is 12.0 Å². The Labute approximate surface area is 125 Å². The Kier molecular flexibility index (Phi) is 8.77. The van der Waals surface area contributed by atoms with Crippen LogP contribution >= 0.6 is 0 Å². The Morgan fingerprint density at radius 1 is 1.05 bits per heavy atom. The summed E-state index contributed by atoms with van der Waals surface area (Å²) in [6.45, 7) is 4.56. The van der Waals surface area contributed by atoms with Crippen LogP contribution in [0.15, 0.2) is 0 Å². The van der Waals surface area contributed by atoms with Crippen LogP contribution in [0, 0.1) is 0 Å². The molecular weight excluding hydrogens is 274 g/mol. The highest BCUT2D eigenvalue weighted by molar-refractivity contribution is 5.74. The van der Waals surface area contributed by atoms with Gasteiger partial charge in [0.2, 0.25) is 0 Å². The van der Waals surface area contributed by atoms with Gasteiger partial charge in [-0.25, -0.2) is 4.79 Å². The predicted molar refractivity (Wildman–Crippen MR) is 79.2 cm³/mol. The van der Waals surface area contributed by atoms with E-state index in [0.717, 1.165) is 38.9 Å². The molecule has 122 valence electrons. The Balaban J connectivity index is 2.12. The second-order valence-electron chi connectivity index (χ2n) is 5.34. The van der Waals surface area contributed by atoms with Crippen molar-refractivity contribution in [3.8, 4) is 0 Å². The molecule has 1 heterocycles. The van der Waals surface area contributed by atoms with Crippen molar-refractivity contribution < 1.29 is 19.8 Å². The van der Waals surface area contributed by atoms with Gasteiger partial charge in [-0.2, -0.15) is 0 Å². The Morgan fingerprint density at radius 2 is 1.86 bits per heavy atom. The molecule has 0 aromatic heterocycles. The molecule has 0 bridgehead atoms. The van der Waals surface area contributed by atoms with Gasteiger partial charge in [0.15, 0.2) is 0 Å². The van der Waals surface area contributed by atoms with Crippen LogP contribution in [0.2, 0.25) is 0 Å². The Morgan fingerprint density at radius 3 is 2.57 bits per heavy atom. The van der Waals surface area contributed by atoms with Gasteiger partial charge in [-0.3, -0.25) is 9.69 Å². The topological polar surface area (TPSA) is 93.1 Å².